The van der Waals surface area contributed by atoms with Gasteiger partial charge >= 0.3 is 0 Å². The summed E-state index contributed by atoms with van der Waals surface area (Å²) in [4.78, 5) is 30.7. The molecule has 28 heavy (non-hydrogen) atoms. The first-order valence-corrected chi connectivity index (χ1v) is 8.82. The lowest BCUT2D eigenvalue weighted by molar-refractivity contribution is 0.102. The van der Waals surface area contributed by atoms with E-state index < -0.39 is 0 Å². The van der Waals surface area contributed by atoms with Crippen LogP contribution in [0.2, 0.25) is 0 Å². The normalized spacial score (nSPS) is 10.6. The maximum atomic E-state index is 12.4. The predicted octanol–water partition coefficient (Wildman–Crippen LogP) is 4.23. The number of anilines is 3. The molecule has 0 fully saturated rings. The summed E-state index contributed by atoms with van der Waals surface area (Å²) in [5.74, 6) is -0.165. The molecule has 1 amide bonds. The number of benzene rings is 2. The number of pyridine rings is 2. The zero-order valence-corrected chi connectivity index (χ0v) is 15.2. The highest BCUT2D eigenvalue weighted by Crippen LogP contribution is 2.23. The van der Waals surface area contributed by atoms with E-state index >= 15 is 0 Å². The Hall–Kier alpha value is -3.93. The predicted molar refractivity (Wildman–Crippen MR) is 111 cm³/mol. The minimum absolute atomic E-state index is 0.165. The molecule has 4 aromatic rings. The summed E-state index contributed by atoms with van der Waals surface area (Å²) in [5, 5.41) is 6.99. The van der Waals surface area contributed by atoms with Crippen LogP contribution in [0.5, 0.6) is 0 Å². The van der Waals surface area contributed by atoms with Crippen LogP contribution >= 0.6 is 0 Å². The molecule has 3 N–H and O–H groups in total. The Bertz CT molecular complexity index is 1200. The van der Waals surface area contributed by atoms with Crippen LogP contribution in [0.1, 0.15) is 15.9 Å². The summed E-state index contributed by atoms with van der Waals surface area (Å²) >= 11 is 0. The van der Waals surface area contributed by atoms with Crippen molar-refractivity contribution in [3.8, 4) is 0 Å². The average Bonchev–Trinajstić information content (AvgIpc) is 2.70. The van der Waals surface area contributed by atoms with Gasteiger partial charge in [0, 0.05) is 34.6 Å². The van der Waals surface area contributed by atoms with Gasteiger partial charge in [0.1, 0.15) is 5.65 Å². The molecule has 6 nitrogen and oxygen atoms in total. The van der Waals surface area contributed by atoms with Crippen molar-refractivity contribution in [2.45, 2.75) is 6.92 Å². The van der Waals surface area contributed by atoms with Crippen molar-refractivity contribution in [3.05, 3.63) is 94.4 Å². The number of aryl methyl sites for hydroxylation is 1. The van der Waals surface area contributed by atoms with Crippen LogP contribution in [-0.2, 0) is 0 Å². The van der Waals surface area contributed by atoms with Crippen molar-refractivity contribution in [3.63, 3.8) is 0 Å². The van der Waals surface area contributed by atoms with Crippen LogP contribution in [0.3, 0.4) is 0 Å². The minimum atomic E-state index is -0.193. The van der Waals surface area contributed by atoms with E-state index in [1.54, 1.807) is 24.4 Å². The molecule has 0 aliphatic carbocycles. The number of amides is 1. The van der Waals surface area contributed by atoms with Gasteiger partial charge in [-0.2, -0.15) is 0 Å². The molecule has 2 heterocycles. The van der Waals surface area contributed by atoms with Crippen LogP contribution in [0, 0.1) is 6.92 Å². The standard InChI is InChI=1S/C22H18N4O2/c1-14-2-6-17(7-3-14)25-22(28)15-4-8-16(9-5-15)24-19-12-13-23-21-18(19)10-11-20(27)26-21/h2-13H,1H3,(H,25,28)(H2,23,24,26,27). The summed E-state index contributed by atoms with van der Waals surface area (Å²) in [6.45, 7) is 2.00. The Labute approximate surface area is 161 Å². The number of hydrogen-bond donors (Lipinski definition) is 3. The van der Waals surface area contributed by atoms with E-state index in [1.165, 1.54) is 6.07 Å². The number of fused-ring (bicyclic) bond motifs is 1. The highest BCUT2D eigenvalue weighted by molar-refractivity contribution is 6.04. The highest BCUT2D eigenvalue weighted by Gasteiger charge is 2.07. The van der Waals surface area contributed by atoms with Gasteiger partial charge in [-0.3, -0.25) is 9.59 Å². The molecule has 0 aliphatic rings. The van der Waals surface area contributed by atoms with Gasteiger partial charge in [0.05, 0.1) is 5.69 Å². The van der Waals surface area contributed by atoms with Crippen molar-refractivity contribution in [2.75, 3.05) is 10.6 Å². The van der Waals surface area contributed by atoms with Gasteiger partial charge in [0.2, 0.25) is 5.56 Å². The Kier molecular flexibility index (Phi) is 4.60. The molecule has 0 spiro atoms. The van der Waals surface area contributed by atoms with Crippen LogP contribution in [0.15, 0.2) is 77.7 Å². The summed E-state index contributed by atoms with van der Waals surface area (Å²) in [6.07, 6.45) is 1.63. The first-order chi connectivity index (χ1) is 13.6. The third-order valence-corrected chi connectivity index (χ3v) is 4.37. The molecule has 2 aromatic heterocycles. The molecule has 0 unspecified atom stereocenters. The topological polar surface area (TPSA) is 86.9 Å². The van der Waals surface area contributed by atoms with Crippen LogP contribution in [0.4, 0.5) is 17.1 Å². The van der Waals surface area contributed by atoms with Gasteiger partial charge in [0.25, 0.3) is 5.91 Å². The number of aromatic nitrogens is 2. The van der Waals surface area contributed by atoms with Gasteiger partial charge < -0.3 is 15.6 Å². The van der Waals surface area contributed by atoms with E-state index in [1.807, 2.05) is 49.4 Å². The second kappa shape index (κ2) is 7.36. The smallest absolute Gasteiger partial charge is 0.255 e. The zero-order chi connectivity index (χ0) is 19.5. The van der Waals surface area contributed by atoms with Crippen molar-refractivity contribution in [2.24, 2.45) is 0 Å². The lowest BCUT2D eigenvalue weighted by Crippen LogP contribution is -2.11. The fourth-order valence-corrected chi connectivity index (χ4v) is 2.87. The molecule has 0 radical (unpaired) electrons. The van der Waals surface area contributed by atoms with Gasteiger partial charge in [-0.05, 0) is 55.5 Å². The van der Waals surface area contributed by atoms with Gasteiger partial charge in [-0.1, -0.05) is 17.7 Å². The van der Waals surface area contributed by atoms with Crippen molar-refractivity contribution < 1.29 is 4.79 Å². The molecule has 0 saturated heterocycles. The molecule has 0 atom stereocenters. The summed E-state index contributed by atoms with van der Waals surface area (Å²) in [7, 11) is 0. The largest absolute Gasteiger partial charge is 0.355 e. The molecule has 6 heteroatoms. The Morgan fingerprint density at radius 1 is 0.893 bits per heavy atom. The second-order valence-corrected chi connectivity index (χ2v) is 6.47. The minimum Gasteiger partial charge on any atom is -0.355 e. The van der Waals surface area contributed by atoms with E-state index in [0.29, 0.717) is 11.2 Å². The number of aromatic amines is 1. The van der Waals surface area contributed by atoms with E-state index in [-0.39, 0.29) is 11.5 Å². The first-order valence-electron chi connectivity index (χ1n) is 8.82. The SMILES string of the molecule is Cc1ccc(NC(=O)c2ccc(Nc3ccnc4[nH]c(=O)ccc34)cc2)cc1. The third kappa shape index (κ3) is 3.76. The monoisotopic (exact) mass is 370 g/mol. The van der Waals surface area contributed by atoms with Crippen LogP contribution in [-0.4, -0.2) is 15.9 Å². The fraction of sp³-hybridized carbons (Fsp3) is 0.0455. The molecule has 2 aromatic carbocycles. The Morgan fingerprint density at radius 2 is 1.61 bits per heavy atom. The molecule has 4 rings (SSSR count). The number of rotatable bonds is 4. The van der Waals surface area contributed by atoms with E-state index in [0.717, 1.165) is 28.0 Å². The van der Waals surface area contributed by atoms with E-state index in [9.17, 15) is 9.59 Å². The molecule has 0 bridgehead atoms. The van der Waals surface area contributed by atoms with Crippen LogP contribution in [0.25, 0.3) is 11.0 Å². The third-order valence-electron chi connectivity index (χ3n) is 4.37. The zero-order valence-electron chi connectivity index (χ0n) is 15.2. The number of nitrogens with zero attached hydrogens (tertiary/aromatic N) is 1. The molecular formula is C22H18N4O2. The van der Waals surface area contributed by atoms with Crippen molar-refractivity contribution in [1.82, 2.24) is 9.97 Å². The van der Waals surface area contributed by atoms with E-state index in [2.05, 4.69) is 20.6 Å². The van der Waals surface area contributed by atoms with Gasteiger partial charge in [0.15, 0.2) is 0 Å². The highest BCUT2D eigenvalue weighted by atomic mass is 16.1. The molecule has 138 valence electrons. The number of carbonyl (C=O) groups is 1. The van der Waals surface area contributed by atoms with E-state index in [4.69, 9.17) is 0 Å². The second-order valence-electron chi connectivity index (χ2n) is 6.47. The average molecular weight is 370 g/mol. The van der Waals surface area contributed by atoms with Crippen molar-refractivity contribution in [1.29, 1.82) is 0 Å². The molecule has 0 saturated carbocycles. The summed E-state index contributed by atoms with van der Waals surface area (Å²) < 4.78 is 0. The molecular weight excluding hydrogens is 352 g/mol. The summed E-state index contributed by atoms with van der Waals surface area (Å²) in [5.41, 5.74) is 4.43. The van der Waals surface area contributed by atoms with Gasteiger partial charge in [-0.15, -0.1) is 0 Å². The molecule has 0 aliphatic heterocycles. The maximum Gasteiger partial charge on any atom is 0.255 e. The number of nitrogens with one attached hydrogen (secondary N) is 3. The number of H-pyrrole nitrogens is 1. The van der Waals surface area contributed by atoms with Crippen molar-refractivity contribution >= 4 is 34.0 Å². The lowest BCUT2D eigenvalue weighted by atomic mass is 10.1. The fourth-order valence-electron chi connectivity index (χ4n) is 2.87. The number of hydrogen-bond acceptors (Lipinski definition) is 4. The maximum absolute atomic E-state index is 12.4. The lowest BCUT2D eigenvalue weighted by Gasteiger charge is -2.10. The number of carbonyl (C=O) groups excluding carboxylic acids is 1. The quantitative estimate of drug-likeness (QED) is 0.502. The van der Waals surface area contributed by atoms with Gasteiger partial charge in [-0.25, -0.2) is 4.98 Å². The van der Waals surface area contributed by atoms with Crippen LogP contribution < -0.4 is 16.2 Å². The Balaban J connectivity index is 1.51. The Morgan fingerprint density at radius 3 is 2.36 bits per heavy atom. The first kappa shape index (κ1) is 17.5. The summed E-state index contributed by atoms with van der Waals surface area (Å²) in [6, 6.07) is 19.9.